The maximum Gasteiger partial charge on any atom is 0.307 e. The zero-order valence-corrected chi connectivity index (χ0v) is 10.6. The average molecular weight is 254 g/mol. The molecular weight excluding hydrogens is 232 g/mol. The lowest BCUT2D eigenvalue weighted by Crippen LogP contribution is -2.29. The van der Waals surface area contributed by atoms with Crippen molar-refractivity contribution in [3.8, 4) is 0 Å². The van der Waals surface area contributed by atoms with E-state index in [2.05, 4.69) is 0 Å². The fourth-order valence-corrected chi connectivity index (χ4v) is 3.30. The Bertz CT molecular complexity index is 313. The summed E-state index contributed by atoms with van der Waals surface area (Å²) in [6.07, 6.45) is 9.68. The van der Waals surface area contributed by atoms with E-state index >= 15 is 0 Å². The number of hydrogen-bond donors (Lipinski definition) is 2. The van der Waals surface area contributed by atoms with Crippen LogP contribution in [-0.4, -0.2) is 35.0 Å². The number of ether oxygens (including phenoxy) is 1. The van der Waals surface area contributed by atoms with Crippen molar-refractivity contribution in [3.63, 3.8) is 0 Å². The first-order chi connectivity index (χ1) is 8.72. The topological polar surface area (TPSA) is 66.8 Å². The van der Waals surface area contributed by atoms with Crippen LogP contribution in [0.1, 0.15) is 38.5 Å². The molecule has 2 saturated heterocycles. The van der Waals surface area contributed by atoms with Gasteiger partial charge in [-0.2, -0.15) is 0 Å². The first-order valence-corrected chi connectivity index (χ1v) is 6.85. The van der Waals surface area contributed by atoms with E-state index in [1.165, 1.54) is 0 Å². The van der Waals surface area contributed by atoms with E-state index in [-0.39, 0.29) is 19.1 Å². The van der Waals surface area contributed by atoms with Crippen molar-refractivity contribution in [2.45, 2.75) is 50.7 Å². The number of unbranched alkanes of at least 4 members (excludes halogenated alkanes) is 1. The van der Waals surface area contributed by atoms with E-state index in [0.29, 0.717) is 17.9 Å². The van der Waals surface area contributed by atoms with E-state index < -0.39 is 5.97 Å². The van der Waals surface area contributed by atoms with E-state index in [4.69, 9.17) is 9.84 Å². The highest BCUT2D eigenvalue weighted by molar-refractivity contribution is 5.68. The van der Waals surface area contributed by atoms with Gasteiger partial charge in [0.15, 0.2) is 0 Å². The summed E-state index contributed by atoms with van der Waals surface area (Å²) in [5.41, 5.74) is 0. The molecule has 2 rings (SSSR count). The van der Waals surface area contributed by atoms with Crippen LogP contribution in [0, 0.1) is 11.8 Å². The molecule has 2 fully saturated rings. The van der Waals surface area contributed by atoms with Crippen LogP contribution in [0.3, 0.4) is 0 Å². The van der Waals surface area contributed by atoms with Crippen LogP contribution >= 0.6 is 0 Å². The van der Waals surface area contributed by atoms with Crippen LogP contribution in [0.5, 0.6) is 0 Å². The van der Waals surface area contributed by atoms with Gasteiger partial charge in [-0.05, 0) is 38.0 Å². The minimum absolute atomic E-state index is 0.108. The number of fused-ring (bicyclic) bond motifs is 2. The van der Waals surface area contributed by atoms with Gasteiger partial charge in [-0.3, -0.25) is 4.79 Å². The molecule has 4 heteroatoms. The molecule has 2 N–H and O–H groups in total. The zero-order valence-electron chi connectivity index (χ0n) is 10.6. The van der Waals surface area contributed by atoms with Gasteiger partial charge < -0.3 is 14.9 Å². The number of carboxylic acid groups (broad SMARTS) is 1. The lowest BCUT2D eigenvalue weighted by atomic mass is 9.77. The van der Waals surface area contributed by atoms with Crippen LogP contribution in [0.15, 0.2) is 12.2 Å². The zero-order chi connectivity index (χ0) is 13.0. The summed E-state index contributed by atoms with van der Waals surface area (Å²) in [6.45, 7) is 0.237. The molecular formula is C14H22O4. The number of allylic oxidation sites excluding steroid dienone is 1. The van der Waals surface area contributed by atoms with Crippen LogP contribution in [0.2, 0.25) is 0 Å². The highest BCUT2D eigenvalue weighted by atomic mass is 16.5. The number of carboxylic acids is 1. The van der Waals surface area contributed by atoms with Gasteiger partial charge in [-0.1, -0.05) is 12.2 Å². The average Bonchev–Trinajstić information content (AvgIpc) is 2.93. The van der Waals surface area contributed by atoms with Crippen LogP contribution in [0.4, 0.5) is 0 Å². The van der Waals surface area contributed by atoms with Crippen molar-refractivity contribution < 1.29 is 19.7 Å². The molecule has 0 aromatic heterocycles. The molecule has 4 atom stereocenters. The summed E-state index contributed by atoms with van der Waals surface area (Å²) >= 11 is 0. The first-order valence-electron chi connectivity index (χ1n) is 6.85. The number of aliphatic hydroxyl groups excluding tert-OH is 1. The SMILES string of the molecule is O=C(O)C/C=C\CCC[C@H]1[C@@H](CO)[C@H]2CC[C@@H]1O2. The predicted octanol–water partition coefficient (Wildman–Crippen LogP) is 1.97. The Morgan fingerprint density at radius 1 is 1.22 bits per heavy atom. The minimum atomic E-state index is -0.784. The van der Waals surface area contributed by atoms with Gasteiger partial charge in [-0.25, -0.2) is 0 Å². The molecule has 0 unspecified atom stereocenters. The van der Waals surface area contributed by atoms with Gasteiger partial charge in [0.2, 0.25) is 0 Å². The quantitative estimate of drug-likeness (QED) is 0.538. The summed E-state index contributed by atoms with van der Waals surface area (Å²) in [6, 6.07) is 0. The highest BCUT2D eigenvalue weighted by Gasteiger charge is 2.47. The van der Waals surface area contributed by atoms with Crippen molar-refractivity contribution in [2.75, 3.05) is 6.61 Å². The number of aliphatic hydroxyl groups is 1. The fraction of sp³-hybridized carbons (Fsp3) is 0.786. The number of aliphatic carboxylic acids is 1. The third-order valence-corrected chi connectivity index (χ3v) is 4.17. The highest BCUT2D eigenvalue weighted by Crippen LogP contribution is 2.45. The molecule has 2 bridgehead atoms. The molecule has 0 amide bonds. The Morgan fingerprint density at radius 2 is 1.94 bits per heavy atom. The number of carbonyl (C=O) groups is 1. The van der Waals surface area contributed by atoms with Gasteiger partial charge in [0.25, 0.3) is 0 Å². The van der Waals surface area contributed by atoms with Crippen molar-refractivity contribution in [1.29, 1.82) is 0 Å². The second-order valence-electron chi connectivity index (χ2n) is 5.30. The largest absolute Gasteiger partial charge is 0.481 e. The molecule has 2 heterocycles. The molecule has 0 radical (unpaired) electrons. The predicted molar refractivity (Wildman–Crippen MR) is 67.2 cm³/mol. The summed E-state index contributed by atoms with van der Waals surface area (Å²) in [5.74, 6) is 0.0430. The minimum Gasteiger partial charge on any atom is -0.481 e. The molecule has 102 valence electrons. The van der Waals surface area contributed by atoms with Crippen LogP contribution in [0.25, 0.3) is 0 Å². The van der Waals surface area contributed by atoms with Gasteiger partial charge >= 0.3 is 5.97 Å². The van der Waals surface area contributed by atoms with Gasteiger partial charge in [0, 0.05) is 12.5 Å². The Balaban J connectivity index is 1.67. The summed E-state index contributed by atoms with van der Waals surface area (Å²) in [5, 5.41) is 17.9. The second-order valence-corrected chi connectivity index (χ2v) is 5.30. The summed E-state index contributed by atoms with van der Waals surface area (Å²) in [4.78, 5) is 10.3. The van der Waals surface area contributed by atoms with E-state index in [9.17, 15) is 9.90 Å². The second kappa shape index (κ2) is 6.34. The van der Waals surface area contributed by atoms with Gasteiger partial charge in [-0.15, -0.1) is 0 Å². The summed E-state index contributed by atoms with van der Waals surface area (Å²) in [7, 11) is 0. The Labute approximate surface area is 108 Å². The summed E-state index contributed by atoms with van der Waals surface area (Å²) < 4.78 is 5.84. The van der Waals surface area contributed by atoms with Crippen molar-refractivity contribution in [3.05, 3.63) is 12.2 Å². The first kappa shape index (κ1) is 13.6. The lowest BCUT2D eigenvalue weighted by molar-refractivity contribution is -0.136. The Kier molecular flexibility index (Phi) is 4.78. The van der Waals surface area contributed by atoms with E-state index in [1.54, 1.807) is 6.08 Å². The Morgan fingerprint density at radius 3 is 2.61 bits per heavy atom. The molecule has 4 nitrogen and oxygen atoms in total. The van der Waals surface area contributed by atoms with Crippen LogP contribution in [-0.2, 0) is 9.53 Å². The third kappa shape index (κ3) is 3.12. The van der Waals surface area contributed by atoms with Crippen molar-refractivity contribution in [2.24, 2.45) is 11.8 Å². The molecule has 0 aliphatic carbocycles. The Hall–Kier alpha value is -0.870. The standard InChI is InChI=1S/C14H22O4/c15-9-11-10(12-7-8-13(11)18-12)5-3-1-2-4-6-14(16)17/h2,4,10-13,15H,1,3,5-9H2,(H,16,17)/b4-2-/t10-,11+,12-,13+/m0/s1. The maximum atomic E-state index is 10.3. The van der Waals surface area contributed by atoms with E-state index in [1.807, 2.05) is 6.08 Å². The monoisotopic (exact) mass is 254 g/mol. The number of hydrogen-bond acceptors (Lipinski definition) is 3. The molecule has 2 aliphatic rings. The van der Waals surface area contributed by atoms with Gasteiger partial charge in [0.05, 0.1) is 18.6 Å². The number of rotatable bonds is 7. The van der Waals surface area contributed by atoms with Crippen molar-refractivity contribution >= 4 is 5.97 Å². The lowest BCUT2D eigenvalue weighted by Gasteiger charge is -2.26. The normalized spacial score (nSPS) is 34.5. The van der Waals surface area contributed by atoms with Gasteiger partial charge in [0.1, 0.15) is 0 Å². The molecule has 2 aliphatic heterocycles. The maximum absolute atomic E-state index is 10.3. The van der Waals surface area contributed by atoms with E-state index in [0.717, 1.165) is 32.1 Å². The molecule has 0 saturated carbocycles. The smallest absolute Gasteiger partial charge is 0.307 e. The van der Waals surface area contributed by atoms with Crippen molar-refractivity contribution in [1.82, 2.24) is 0 Å². The molecule has 0 spiro atoms. The molecule has 0 aromatic carbocycles. The van der Waals surface area contributed by atoms with Crippen LogP contribution < -0.4 is 0 Å². The third-order valence-electron chi connectivity index (χ3n) is 4.17. The fourth-order valence-electron chi connectivity index (χ4n) is 3.30. The molecule has 0 aromatic rings. The molecule has 18 heavy (non-hydrogen) atoms.